The van der Waals surface area contributed by atoms with E-state index in [1.807, 2.05) is 12.1 Å². The number of rotatable bonds is 4. The van der Waals surface area contributed by atoms with Gasteiger partial charge < -0.3 is 4.74 Å². The molecule has 0 amide bonds. The van der Waals surface area contributed by atoms with Crippen LogP contribution in [0.5, 0.6) is 5.75 Å². The van der Waals surface area contributed by atoms with E-state index in [1.54, 1.807) is 54.6 Å². The summed E-state index contributed by atoms with van der Waals surface area (Å²) in [6.07, 6.45) is -4.62. The van der Waals surface area contributed by atoms with Crippen LogP contribution in [0.3, 0.4) is 0 Å². The van der Waals surface area contributed by atoms with Crippen molar-refractivity contribution in [3.63, 3.8) is 0 Å². The van der Waals surface area contributed by atoms with Crippen LogP contribution in [-0.4, -0.2) is 15.6 Å². The predicted molar refractivity (Wildman–Crippen MR) is 113 cm³/mol. The molecule has 5 rings (SSSR count). The lowest BCUT2D eigenvalue weighted by molar-refractivity contribution is -0.141. The van der Waals surface area contributed by atoms with Gasteiger partial charge in [-0.2, -0.15) is 18.3 Å². The minimum atomic E-state index is -4.62. The van der Waals surface area contributed by atoms with Gasteiger partial charge in [0.25, 0.3) is 0 Å². The SMILES string of the molecule is O=C1c2ccccc2-c2ccc(OCc3cc(C(F)(F)F)nn3-c3ccccc3Cl)cc21. The summed E-state index contributed by atoms with van der Waals surface area (Å²) < 4.78 is 46.8. The molecule has 0 atom stereocenters. The molecule has 0 bridgehead atoms. The standard InChI is InChI=1S/C24H14ClF3N2O2/c25-20-7-3-4-8-21(20)30-14(11-22(29-30)24(26,27)28)13-32-15-9-10-17-16-5-1-2-6-18(16)23(31)19(17)12-15/h1-12H,13H2. The molecule has 3 aromatic carbocycles. The lowest BCUT2D eigenvalue weighted by Crippen LogP contribution is -2.08. The van der Waals surface area contributed by atoms with Gasteiger partial charge in [-0.25, -0.2) is 4.68 Å². The van der Waals surface area contributed by atoms with Gasteiger partial charge in [0, 0.05) is 11.1 Å². The molecule has 1 aliphatic carbocycles. The fraction of sp³-hybridized carbons (Fsp3) is 0.0833. The van der Waals surface area contributed by atoms with E-state index in [9.17, 15) is 18.0 Å². The number of fused-ring (bicyclic) bond motifs is 3. The van der Waals surface area contributed by atoms with Gasteiger partial charge in [0.1, 0.15) is 12.4 Å². The van der Waals surface area contributed by atoms with Crippen molar-refractivity contribution in [3.05, 3.63) is 100 Å². The van der Waals surface area contributed by atoms with Crippen molar-refractivity contribution >= 4 is 17.4 Å². The Balaban J connectivity index is 1.46. The highest BCUT2D eigenvalue weighted by Crippen LogP contribution is 2.38. The number of carbonyl (C=O) groups excluding carboxylic acids is 1. The number of nitrogens with zero attached hydrogens (tertiary/aromatic N) is 2. The molecular weight excluding hydrogens is 441 g/mol. The summed E-state index contributed by atoms with van der Waals surface area (Å²) in [5, 5.41) is 3.95. The Bertz CT molecular complexity index is 1360. The van der Waals surface area contributed by atoms with E-state index in [0.29, 0.717) is 22.6 Å². The molecule has 0 fully saturated rings. The zero-order chi connectivity index (χ0) is 22.5. The van der Waals surface area contributed by atoms with E-state index < -0.39 is 11.9 Å². The topological polar surface area (TPSA) is 44.1 Å². The number of alkyl halides is 3. The van der Waals surface area contributed by atoms with Crippen molar-refractivity contribution in [1.82, 2.24) is 9.78 Å². The summed E-state index contributed by atoms with van der Waals surface area (Å²) in [6, 6.07) is 19.8. The lowest BCUT2D eigenvalue weighted by Gasteiger charge is -2.11. The molecule has 4 aromatic rings. The van der Waals surface area contributed by atoms with Crippen LogP contribution in [0.4, 0.5) is 13.2 Å². The fourth-order valence-electron chi connectivity index (χ4n) is 3.75. The van der Waals surface area contributed by atoms with Gasteiger partial charge in [-0.3, -0.25) is 4.79 Å². The third kappa shape index (κ3) is 3.44. The van der Waals surface area contributed by atoms with Crippen LogP contribution in [0, 0.1) is 0 Å². The summed E-state index contributed by atoms with van der Waals surface area (Å²) in [4.78, 5) is 12.7. The zero-order valence-electron chi connectivity index (χ0n) is 16.4. The average molecular weight is 455 g/mol. The van der Waals surface area contributed by atoms with Crippen molar-refractivity contribution in [2.75, 3.05) is 0 Å². The maximum Gasteiger partial charge on any atom is 0.435 e. The molecule has 1 aromatic heterocycles. The van der Waals surface area contributed by atoms with Gasteiger partial charge in [-0.05, 0) is 47.5 Å². The van der Waals surface area contributed by atoms with Gasteiger partial charge in [0.15, 0.2) is 11.5 Å². The third-order valence-corrected chi connectivity index (χ3v) is 5.56. The first-order valence-electron chi connectivity index (χ1n) is 9.65. The van der Waals surface area contributed by atoms with Crippen LogP contribution in [-0.2, 0) is 12.8 Å². The summed E-state index contributed by atoms with van der Waals surface area (Å²) in [5.41, 5.74) is 2.20. The number of halogens is 4. The Hall–Kier alpha value is -3.58. The number of aromatic nitrogens is 2. The summed E-state index contributed by atoms with van der Waals surface area (Å²) in [6.45, 7) is -0.200. The van der Waals surface area contributed by atoms with E-state index in [4.69, 9.17) is 16.3 Å². The number of hydrogen-bond acceptors (Lipinski definition) is 3. The minimum Gasteiger partial charge on any atom is -0.487 e. The van der Waals surface area contributed by atoms with Crippen LogP contribution < -0.4 is 4.74 Å². The number of carbonyl (C=O) groups is 1. The third-order valence-electron chi connectivity index (χ3n) is 5.24. The Morgan fingerprint density at radius 2 is 1.56 bits per heavy atom. The number of benzene rings is 3. The average Bonchev–Trinajstić information content (AvgIpc) is 3.33. The van der Waals surface area contributed by atoms with Crippen LogP contribution in [0.2, 0.25) is 5.02 Å². The summed E-state index contributed by atoms with van der Waals surface area (Å²) in [7, 11) is 0. The monoisotopic (exact) mass is 454 g/mol. The normalized spacial score (nSPS) is 12.6. The maximum atomic E-state index is 13.3. The van der Waals surface area contributed by atoms with Gasteiger partial charge in [0.2, 0.25) is 0 Å². The van der Waals surface area contributed by atoms with Crippen LogP contribution in [0.1, 0.15) is 27.3 Å². The Labute approximate surface area is 185 Å². The molecule has 8 heteroatoms. The molecule has 0 saturated heterocycles. The predicted octanol–water partition coefficient (Wildman–Crippen LogP) is 6.33. The Morgan fingerprint density at radius 3 is 2.31 bits per heavy atom. The molecule has 4 nitrogen and oxygen atoms in total. The first-order chi connectivity index (χ1) is 15.3. The molecule has 160 valence electrons. The number of para-hydroxylation sites is 1. The molecule has 0 aliphatic heterocycles. The molecular formula is C24H14ClF3N2O2. The van der Waals surface area contributed by atoms with Crippen LogP contribution in [0.15, 0.2) is 72.8 Å². The van der Waals surface area contributed by atoms with Gasteiger partial charge in [-0.15, -0.1) is 0 Å². The van der Waals surface area contributed by atoms with Crippen molar-refractivity contribution < 1.29 is 22.7 Å². The second-order valence-electron chi connectivity index (χ2n) is 7.25. The fourth-order valence-corrected chi connectivity index (χ4v) is 3.96. The second-order valence-corrected chi connectivity index (χ2v) is 7.66. The Morgan fingerprint density at radius 1 is 0.875 bits per heavy atom. The number of ketones is 1. The largest absolute Gasteiger partial charge is 0.487 e. The van der Waals surface area contributed by atoms with Crippen molar-refractivity contribution in [1.29, 1.82) is 0 Å². The lowest BCUT2D eigenvalue weighted by atomic mass is 10.1. The molecule has 32 heavy (non-hydrogen) atoms. The highest BCUT2D eigenvalue weighted by atomic mass is 35.5. The second kappa shape index (κ2) is 7.53. The quantitative estimate of drug-likeness (QED) is 0.318. The Kier molecular flexibility index (Phi) is 4.78. The number of ether oxygens (including phenoxy) is 1. The van der Waals surface area contributed by atoms with Crippen molar-refractivity contribution in [2.45, 2.75) is 12.8 Å². The van der Waals surface area contributed by atoms with Crippen molar-refractivity contribution in [3.8, 4) is 22.6 Å². The van der Waals surface area contributed by atoms with Gasteiger partial charge in [-0.1, -0.05) is 48.0 Å². The van der Waals surface area contributed by atoms with E-state index in [1.165, 1.54) is 0 Å². The smallest absolute Gasteiger partial charge is 0.435 e. The zero-order valence-corrected chi connectivity index (χ0v) is 17.1. The molecule has 0 N–H and O–H groups in total. The minimum absolute atomic E-state index is 0.110. The summed E-state index contributed by atoms with van der Waals surface area (Å²) >= 11 is 6.18. The molecule has 1 heterocycles. The summed E-state index contributed by atoms with van der Waals surface area (Å²) in [5.74, 6) is 0.256. The molecule has 0 radical (unpaired) electrons. The molecule has 1 aliphatic rings. The van der Waals surface area contributed by atoms with Crippen LogP contribution in [0.25, 0.3) is 16.8 Å². The van der Waals surface area contributed by atoms with E-state index in [2.05, 4.69) is 5.10 Å². The highest BCUT2D eigenvalue weighted by molar-refractivity contribution is 6.32. The molecule has 0 spiro atoms. The first-order valence-corrected chi connectivity index (χ1v) is 10.0. The molecule has 0 saturated carbocycles. The maximum absolute atomic E-state index is 13.3. The van der Waals surface area contributed by atoms with Gasteiger partial charge in [0.05, 0.1) is 16.4 Å². The van der Waals surface area contributed by atoms with Gasteiger partial charge >= 0.3 is 6.18 Å². The van der Waals surface area contributed by atoms with Crippen LogP contribution >= 0.6 is 11.6 Å². The first kappa shape index (κ1) is 20.3. The molecule has 0 unspecified atom stereocenters. The van der Waals surface area contributed by atoms with Crippen molar-refractivity contribution in [2.24, 2.45) is 0 Å². The number of hydrogen-bond donors (Lipinski definition) is 0. The highest BCUT2D eigenvalue weighted by Gasteiger charge is 2.35. The van der Waals surface area contributed by atoms with E-state index >= 15 is 0 Å². The van der Waals surface area contributed by atoms with E-state index in [-0.39, 0.29) is 23.1 Å². The van der Waals surface area contributed by atoms with E-state index in [0.717, 1.165) is 21.9 Å².